The highest BCUT2D eigenvalue weighted by molar-refractivity contribution is 6.45. The summed E-state index contributed by atoms with van der Waals surface area (Å²) in [5, 5.41) is 2.37. The van der Waals surface area contributed by atoms with Gasteiger partial charge < -0.3 is 5.32 Å². The molecule has 7 nitrogen and oxygen atoms in total. The average molecular weight is 305 g/mol. The normalized spacial score (nSPS) is 25.4. The van der Waals surface area contributed by atoms with Gasteiger partial charge in [-0.3, -0.25) is 19.3 Å². The van der Waals surface area contributed by atoms with E-state index in [0.29, 0.717) is 11.3 Å². The van der Waals surface area contributed by atoms with Crippen LogP contribution >= 0.6 is 0 Å². The molecule has 2 atom stereocenters. The van der Waals surface area contributed by atoms with Gasteiger partial charge >= 0.3 is 17.8 Å². The fraction of sp³-hybridized carbons (Fsp3) is 0.600. The first-order chi connectivity index (χ1) is 10.5. The van der Waals surface area contributed by atoms with Gasteiger partial charge in [-0.2, -0.15) is 0 Å². The Hall–Kier alpha value is -2.36. The van der Waals surface area contributed by atoms with Crippen LogP contribution in [0.4, 0.5) is 4.79 Å². The van der Waals surface area contributed by atoms with Crippen molar-refractivity contribution in [3.8, 4) is 12.3 Å². The molecule has 5 amide bonds. The summed E-state index contributed by atoms with van der Waals surface area (Å²) in [4.78, 5) is 49.8. The van der Waals surface area contributed by atoms with Gasteiger partial charge in [0.1, 0.15) is 6.54 Å². The molecule has 7 heteroatoms. The Morgan fingerprint density at radius 2 is 1.95 bits per heavy atom. The van der Waals surface area contributed by atoms with Gasteiger partial charge in [-0.25, -0.2) is 9.69 Å². The van der Waals surface area contributed by atoms with Crippen molar-refractivity contribution in [1.29, 1.82) is 0 Å². The highest BCUT2D eigenvalue weighted by Crippen LogP contribution is 2.31. The third kappa shape index (κ3) is 2.96. The molecule has 118 valence electrons. The zero-order valence-corrected chi connectivity index (χ0v) is 12.5. The summed E-state index contributed by atoms with van der Waals surface area (Å²) >= 11 is 0. The van der Waals surface area contributed by atoms with E-state index in [1.54, 1.807) is 0 Å². The second kappa shape index (κ2) is 6.60. The summed E-state index contributed by atoms with van der Waals surface area (Å²) in [5.41, 5.74) is 0. The zero-order chi connectivity index (χ0) is 16.3. The Balaban J connectivity index is 2.10. The summed E-state index contributed by atoms with van der Waals surface area (Å²) in [6.45, 7) is 1.49. The molecule has 2 fully saturated rings. The van der Waals surface area contributed by atoms with Gasteiger partial charge in [0, 0.05) is 6.04 Å². The quantitative estimate of drug-likeness (QED) is 0.453. The Kier molecular flexibility index (Phi) is 4.81. The van der Waals surface area contributed by atoms with E-state index in [0.717, 1.165) is 24.2 Å². The molecule has 2 rings (SSSR count). The first-order valence-electron chi connectivity index (χ1n) is 7.36. The summed E-state index contributed by atoms with van der Waals surface area (Å²) < 4.78 is 0. The van der Waals surface area contributed by atoms with Crippen molar-refractivity contribution < 1.29 is 19.2 Å². The Morgan fingerprint density at radius 3 is 2.59 bits per heavy atom. The van der Waals surface area contributed by atoms with Crippen LogP contribution in [0.2, 0.25) is 0 Å². The third-order valence-corrected chi connectivity index (χ3v) is 4.17. The van der Waals surface area contributed by atoms with E-state index in [1.165, 1.54) is 0 Å². The van der Waals surface area contributed by atoms with E-state index >= 15 is 0 Å². The number of nitrogens with zero attached hydrogens (tertiary/aromatic N) is 2. The fourth-order valence-corrected chi connectivity index (χ4v) is 2.98. The summed E-state index contributed by atoms with van der Waals surface area (Å²) in [6, 6.07) is -0.971. The number of hydrogen-bond donors (Lipinski definition) is 1. The van der Waals surface area contributed by atoms with Gasteiger partial charge in [0.15, 0.2) is 0 Å². The average Bonchev–Trinajstić information content (AvgIpc) is 2.70. The molecule has 0 unspecified atom stereocenters. The van der Waals surface area contributed by atoms with E-state index in [2.05, 4.69) is 11.2 Å². The lowest BCUT2D eigenvalue weighted by Crippen LogP contribution is -2.47. The molecule has 0 aromatic carbocycles. The summed E-state index contributed by atoms with van der Waals surface area (Å²) in [6.07, 6.45) is 8.61. The predicted molar refractivity (Wildman–Crippen MR) is 77.2 cm³/mol. The van der Waals surface area contributed by atoms with Crippen LogP contribution in [-0.4, -0.2) is 52.7 Å². The van der Waals surface area contributed by atoms with E-state index in [4.69, 9.17) is 6.42 Å². The molecule has 1 aliphatic carbocycles. The predicted octanol–water partition coefficient (Wildman–Crippen LogP) is 0.105. The zero-order valence-electron chi connectivity index (χ0n) is 12.5. The topological polar surface area (TPSA) is 86.8 Å². The van der Waals surface area contributed by atoms with Crippen molar-refractivity contribution in [2.45, 2.75) is 38.6 Å². The molecule has 0 aromatic rings. The SMILES string of the molecule is C#CCNC(=O)CN1C(=O)C(=O)N([C@H]2CCCC[C@H]2C)C1=O. The summed E-state index contributed by atoms with van der Waals surface area (Å²) in [5.74, 6) is 0.0315. The molecule has 0 radical (unpaired) electrons. The minimum Gasteiger partial charge on any atom is -0.344 e. The maximum atomic E-state index is 12.4. The van der Waals surface area contributed by atoms with Crippen LogP contribution in [0.15, 0.2) is 0 Å². The maximum absolute atomic E-state index is 12.4. The molecule has 1 N–H and O–H groups in total. The molecule has 1 heterocycles. The van der Waals surface area contributed by atoms with Crippen LogP contribution in [0.3, 0.4) is 0 Å². The van der Waals surface area contributed by atoms with Crippen molar-refractivity contribution in [1.82, 2.24) is 15.1 Å². The van der Waals surface area contributed by atoms with Crippen molar-refractivity contribution in [2.24, 2.45) is 5.92 Å². The molecule has 0 aromatic heterocycles. The Labute approximate surface area is 129 Å². The number of carbonyl (C=O) groups excluding carboxylic acids is 4. The minimum absolute atomic E-state index is 0.00632. The summed E-state index contributed by atoms with van der Waals surface area (Å²) in [7, 11) is 0. The van der Waals surface area contributed by atoms with Crippen LogP contribution in [0.1, 0.15) is 32.6 Å². The van der Waals surface area contributed by atoms with Gasteiger partial charge in [0.05, 0.1) is 6.54 Å². The highest BCUT2D eigenvalue weighted by atomic mass is 16.2. The van der Waals surface area contributed by atoms with Crippen molar-refractivity contribution in [3.05, 3.63) is 0 Å². The molecule has 0 spiro atoms. The van der Waals surface area contributed by atoms with Crippen LogP contribution < -0.4 is 5.32 Å². The molecule has 1 aliphatic heterocycles. The van der Waals surface area contributed by atoms with Crippen molar-refractivity contribution >= 4 is 23.8 Å². The van der Waals surface area contributed by atoms with Crippen molar-refractivity contribution in [2.75, 3.05) is 13.1 Å². The first-order valence-corrected chi connectivity index (χ1v) is 7.36. The van der Waals surface area contributed by atoms with Gasteiger partial charge in [-0.15, -0.1) is 6.42 Å². The Bertz CT molecular complexity index is 551. The lowest BCUT2D eigenvalue weighted by molar-refractivity contribution is -0.145. The number of amides is 5. The maximum Gasteiger partial charge on any atom is 0.334 e. The van der Waals surface area contributed by atoms with Crippen LogP contribution in [0.5, 0.6) is 0 Å². The molecule has 2 aliphatic rings. The lowest BCUT2D eigenvalue weighted by Gasteiger charge is -2.34. The van der Waals surface area contributed by atoms with Gasteiger partial charge in [-0.1, -0.05) is 25.7 Å². The standard InChI is InChI=1S/C15H19N3O4/c1-3-8-16-12(19)9-17-13(20)14(21)18(15(17)22)11-7-5-4-6-10(11)2/h1,10-11H,4-9H2,2H3,(H,16,19)/t10-,11+/m1/s1. The minimum atomic E-state index is -0.946. The number of terminal acetylenes is 1. The van der Waals surface area contributed by atoms with Gasteiger partial charge in [0.25, 0.3) is 0 Å². The smallest absolute Gasteiger partial charge is 0.334 e. The third-order valence-electron chi connectivity index (χ3n) is 4.17. The number of imide groups is 2. The monoisotopic (exact) mass is 305 g/mol. The second-order valence-corrected chi connectivity index (χ2v) is 5.66. The van der Waals surface area contributed by atoms with E-state index < -0.39 is 30.3 Å². The molecule has 1 saturated heterocycles. The number of nitrogens with one attached hydrogen (secondary N) is 1. The number of hydrogen-bond acceptors (Lipinski definition) is 4. The molecular formula is C15H19N3O4. The van der Waals surface area contributed by atoms with Crippen LogP contribution in [0.25, 0.3) is 0 Å². The van der Waals surface area contributed by atoms with E-state index in [9.17, 15) is 19.2 Å². The fourth-order valence-electron chi connectivity index (χ4n) is 2.98. The van der Waals surface area contributed by atoms with Crippen LogP contribution in [-0.2, 0) is 14.4 Å². The first kappa shape index (κ1) is 16.0. The Morgan fingerprint density at radius 1 is 1.27 bits per heavy atom. The second-order valence-electron chi connectivity index (χ2n) is 5.66. The van der Waals surface area contributed by atoms with Crippen LogP contribution in [0, 0.1) is 18.3 Å². The molecule has 22 heavy (non-hydrogen) atoms. The number of carbonyl (C=O) groups is 4. The molecular weight excluding hydrogens is 286 g/mol. The molecule has 1 saturated carbocycles. The van der Waals surface area contributed by atoms with E-state index in [-0.39, 0.29) is 18.5 Å². The lowest BCUT2D eigenvalue weighted by atomic mass is 9.85. The van der Waals surface area contributed by atoms with Gasteiger partial charge in [-0.05, 0) is 18.8 Å². The van der Waals surface area contributed by atoms with Gasteiger partial charge in [0.2, 0.25) is 5.91 Å². The largest absolute Gasteiger partial charge is 0.344 e. The van der Waals surface area contributed by atoms with Crippen molar-refractivity contribution in [3.63, 3.8) is 0 Å². The number of urea groups is 1. The van der Waals surface area contributed by atoms with E-state index in [1.807, 2.05) is 6.92 Å². The number of rotatable bonds is 4. The molecule has 0 bridgehead atoms. The highest BCUT2D eigenvalue weighted by Gasteiger charge is 2.49.